The van der Waals surface area contributed by atoms with Gasteiger partial charge in [-0.1, -0.05) is 15.9 Å². The van der Waals surface area contributed by atoms with E-state index in [4.69, 9.17) is 5.11 Å². The minimum Gasteiger partial charge on any atom is -0.394 e. The molecule has 98 valence electrons. The van der Waals surface area contributed by atoms with Gasteiger partial charge in [0.1, 0.15) is 24.1 Å². The summed E-state index contributed by atoms with van der Waals surface area (Å²) in [4.78, 5) is 6.97. The molecule has 0 saturated carbocycles. The van der Waals surface area contributed by atoms with Crippen LogP contribution in [-0.4, -0.2) is 49.2 Å². The highest BCUT2D eigenvalue weighted by atomic mass is 79.9. The number of nitrogens with zero attached hydrogens (tertiary/aromatic N) is 1. The molecule has 0 aliphatic rings. The van der Waals surface area contributed by atoms with E-state index in [1.807, 2.05) is 6.07 Å². The zero-order chi connectivity index (χ0) is 13.3. The number of H-pyrrole nitrogens is 1. The summed E-state index contributed by atoms with van der Waals surface area (Å²) >= 11 is 3.30. The Labute approximate surface area is 111 Å². The third-order valence-electron chi connectivity index (χ3n) is 2.65. The molecule has 0 spiro atoms. The summed E-state index contributed by atoms with van der Waals surface area (Å²) in [5, 5.41) is 37.4. The van der Waals surface area contributed by atoms with Crippen molar-refractivity contribution in [3.8, 4) is 0 Å². The Kier molecular flexibility index (Phi) is 3.98. The number of nitrogens with one attached hydrogen (secondary N) is 1. The van der Waals surface area contributed by atoms with Crippen LogP contribution < -0.4 is 0 Å². The molecule has 0 amide bonds. The van der Waals surface area contributed by atoms with Gasteiger partial charge in [-0.15, -0.1) is 0 Å². The van der Waals surface area contributed by atoms with Crippen molar-refractivity contribution in [3.05, 3.63) is 28.5 Å². The van der Waals surface area contributed by atoms with Crippen LogP contribution in [0, 0.1) is 0 Å². The standard InChI is InChI=1S/C11H13BrN2O4/c12-5-1-2-6-7(3-5)14-11(13-6)10(18)9(17)8(16)4-15/h1-3,8-10,15-18H,4H2,(H,13,14)/t8-,9+,10?/m1/s1. The number of halogens is 1. The molecule has 2 rings (SSSR count). The number of imidazole rings is 1. The van der Waals surface area contributed by atoms with Gasteiger partial charge in [0.05, 0.1) is 17.6 Å². The van der Waals surface area contributed by atoms with Crippen molar-refractivity contribution in [2.24, 2.45) is 0 Å². The molecule has 5 N–H and O–H groups in total. The maximum Gasteiger partial charge on any atom is 0.140 e. The molecule has 0 radical (unpaired) electrons. The quantitative estimate of drug-likeness (QED) is 0.548. The summed E-state index contributed by atoms with van der Waals surface area (Å²) in [6.07, 6.45) is -4.31. The summed E-state index contributed by atoms with van der Waals surface area (Å²) in [7, 11) is 0. The van der Waals surface area contributed by atoms with Crippen molar-refractivity contribution in [1.82, 2.24) is 9.97 Å². The third-order valence-corrected chi connectivity index (χ3v) is 3.14. The Morgan fingerprint density at radius 1 is 1.28 bits per heavy atom. The van der Waals surface area contributed by atoms with Crippen molar-refractivity contribution in [3.63, 3.8) is 0 Å². The van der Waals surface area contributed by atoms with E-state index in [2.05, 4.69) is 25.9 Å². The molecule has 0 fully saturated rings. The molecule has 2 aromatic rings. The smallest absolute Gasteiger partial charge is 0.140 e. The van der Waals surface area contributed by atoms with E-state index in [0.29, 0.717) is 11.0 Å². The summed E-state index contributed by atoms with van der Waals surface area (Å²) in [6.45, 7) is -0.635. The van der Waals surface area contributed by atoms with E-state index in [0.717, 1.165) is 4.47 Å². The fraction of sp³-hybridized carbons (Fsp3) is 0.364. The van der Waals surface area contributed by atoms with E-state index >= 15 is 0 Å². The van der Waals surface area contributed by atoms with Crippen LogP contribution >= 0.6 is 15.9 Å². The fourth-order valence-corrected chi connectivity index (χ4v) is 1.97. The second kappa shape index (κ2) is 5.33. The molecular formula is C11H13BrN2O4. The second-order valence-corrected chi connectivity index (χ2v) is 4.88. The first kappa shape index (κ1) is 13.4. The molecule has 7 heteroatoms. The molecule has 1 heterocycles. The first-order chi connectivity index (χ1) is 8.52. The van der Waals surface area contributed by atoms with Crippen LogP contribution in [0.3, 0.4) is 0 Å². The van der Waals surface area contributed by atoms with Gasteiger partial charge in [0.25, 0.3) is 0 Å². The van der Waals surface area contributed by atoms with Crippen LogP contribution in [0.2, 0.25) is 0 Å². The number of benzene rings is 1. The summed E-state index contributed by atoms with van der Waals surface area (Å²) in [5.74, 6) is 0.142. The lowest BCUT2D eigenvalue weighted by atomic mass is 10.1. The van der Waals surface area contributed by atoms with Gasteiger partial charge in [-0.25, -0.2) is 4.98 Å². The molecule has 3 atom stereocenters. The molecule has 0 aliphatic carbocycles. The number of aromatic amines is 1. The van der Waals surface area contributed by atoms with Crippen molar-refractivity contribution >= 4 is 27.0 Å². The van der Waals surface area contributed by atoms with Crippen LogP contribution in [0.4, 0.5) is 0 Å². The Morgan fingerprint density at radius 3 is 2.67 bits per heavy atom. The Morgan fingerprint density at radius 2 is 2.00 bits per heavy atom. The second-order valence-electron chi connectivity index (χ2n) is 3.97. The van der Waals surface area contributed by atoms with Gasteiger partial charge in [0.15, 0.2) is 0 Å². The van der Waals surface area contributed by atoms with Crippen LogP contribution in [0.1, 0.15) is 11.9 Å². The highest BCUT2D eigenvalue weighted by Gasteiger charge is 2.27. The van der Waals surface area contributed by atoms with Crippen molar-refractivity contribution in [1.29, 1.82) is 0 Å². The maximum atomic E-state index is 9.83. The highest BCUT2D eigenvalue weighted by Crippen LogP contribution is 2.22. The molecule has 0 saturated heterocycles. The molecule has 1 aromatic carbocycles. The van der Waals surface area contributed by atoms with E-state index in [1.54, 1.807) is 12.1 Å². The highest BCUT2D eigenvalue weighted by molar-refractivity contribution is 9.10. The van der Waals surface area contributed by atoms with Crippen LogP contribution in [0.5, 0.6) is 0 Å². The van der Waals surface area contributed by atoms with Gasteiger partial charge in [0.2, 0.25) is 0 Å². The minimum absolute atomic E-state index is 0.142. The first-order valence-electron chi connectivity index (χ1n) is 5.33. The fourth-order valence-electron chi connectivity index (χ4n) is 1.62. The summed E-state index contributed by atoms with van der Waals surface area (Å²) in [6, 6.07) is 5.35. The van der Waals surface area contributed by atoms with Crippen LogP contribution in [-0.2, 0) is 0 Å². The molecule has 6 nitrogen and oxygen atoms in total. The minimum atomic E-state index is -1.50. The Hall–Kier alpha value is -0.990. The zero-order valence-corrected chi connectivity index (χ0v) is 10.9. The normalized spacial score (nSPS) is 16.7. The van der Waals surface area contributed by atoms with E-state index < -0.39 is 24.9 Å². The summed E-state index contributed by atoms with van der Waals surface area (Å²) < 4.78 is 0.846. The monoisotopic (exact) mass is 316 g/mol. The van der Waals surface area contributed by atoms with Crippen LogP contribution in [0.15, 0.2) is 22.7 Å². The average Bonchev–Trinajstić information content (AvgIpc) is 2.78. The number of aliphatic hydroxyl groups is 4. The molecule has 0 bridgehead atoms. The Bertz CT molecular complexity index is 545. The van der Waals surface area contributed by atoms with Gasteiger partial charge in [0, 0.05) is 4.47 Å². The van der Waals surface area contributed by atoms with Crippen molar-refractivity contribution in [2.45, 2.75) is 18.3 Å². The SMILES string of the molecule is OC[C@@H](O)[C@H](O)C(O)c1nc2cc(Br)ccc2[nH]1. The number of hydrogen-bond donors (Lipinski definition) is 5. The lowest BCUT2D eigenvalue weighted by Crippen LogP contribution is -2.35. The maximum absolute atomic E-state index is 9.83. The lowest BCUT2D eigenvalue weighted by molar-refractivity contribution is -0.0800. The largest absolute Gasteiger partial charge is 0.394 e. The van der Waals surface area contributed by atoms with Crippen molar-refractivity contribution in [2.75, 3.05) is 6.61 Å². The number of rotatable bonds is 4. The molecule has 1 aromatic heterocycles. The predicted octanol–water partition coefficient (Wildman–Crippen LogP) is 0.0729. The number of hydrogen-bond acceptors (Lipinski definition) is 5. The topological polar surface area (TPSA) is 110 Å². The zero-order valence-electron chi connectivity index (χ0n) is 9.29. The predicted molar refractivity (Wildman–Crippen MR) is 67.9 cm³/mol. The number of aliphatic hydroxyl groups excluding tert-OH is 4. The lowest BCUT2D eigenvalue weighted by Gasteiger charge is -2.19. The van der Waals surface area contributed by atoms with E-state index in [1.165, 1.54) is 0 Å². The van der Waals surface area contributed by atoms with E-state index in [9.17, 15) is 15.3 Å². The molecular weight excluding hydrogens is 304 g/mol. The van der Waals surface area contributed by atoms with E-state index in [-0.39, 0.29) is 5.82 Å². The molecule has 0 aliphatic heterocycles. The number of aromatic nitrogens is 2. The first-order valence-corrected chi connectivity index (χ1v) is 6.12. The van der Waals surface area contributed by atoms with Gasteiger partial charge in [-0.2, -0.15) is 0 Å². The van der Waals surface area contributed by atoms with Gasteiger partial charge in [-0.3, -0.25) is 0 Å². The van der Waals surface area contributed by atoms with Gasteiger partial charge < -0.3 is 25.4 Å². The van der Waals surface area contributed by atoms with Gasteiger partial charge >= 0.3 is 0 Å². The average molecular weight is 317 g/mol. The third kappa shape index (κ3) is 2.55. The summed E-state index contributed by atoms with van der Waals surface area (Å²) in [5.41, 5.74) is 1.34. The Balaban J connectivity index is 2.30. The number of fused-ring (bicyclic) bond motifs is 1. The molecule has 18 heavy (non-hydrogen) atoms. The van der Waals surface area contributed by atoms with Gasteiger partial charge in [-0.05, 0) is 18.2 Å². The molecule has 1 unspecified atom stereocenters. The van der Waals surface area contributed by atoms with Crippen LogP contribution in [0.25, 0.3) is 11.0 Å². The van der Waals surface area contributed by atoms with Crippen molar-refractivity contribution < 1.29 is 20.4 Å².